The minimum atomic E-state index is -0.0905. The smallest absolute Gasteiger partial charge is 0.229 e. The first kappa shape index (κ1) is 14.3. The predicted octanol–water partition coefficient (Wildman–Crippen LogP) is 3.12. The zero-order chi connectivity index (χ0) is 15.4. The number of aromatic nitrogens is 2. The topological polar surface area (TPSA) is 56.1 Å². The number of rotatable bonds is 5. The van der Waals surface area contributed by atoms with Gasteiger partial charge in [0.25, 0.3) is 0 Å². The molecule has 0 aliphatic rings. The van der Waals surface area contributed by atoms with Crippen LogP contribution in [-0.2, 0) is 11.2 Å². The van der Waals surface area contributed by atoms with Crippen molar-refractivity contribution in [2.75, 3.05) is 12.4 Å². The molecule has 112 valence electrons. The minimum absolute atomic E-state index is 0.0905. The van der Waals surface area contributed by atoms with Crippen LogP contribution in [0, 0.1) is 0 Å². The Labute approximate surface area is 132 Å². The molecule has 3 aromatic rings. The van der Waals surface area contributed by atoms with Gasteiger partial charge in [0, 0.05) is 23.5 Å². The fraction of sp³-hybridized carbons (Fsp3) is 0.125. The van der Waals surface area contributed by atoms with E-state index in [9.17, 15) is 4.79 Å². The number of thiazole rings is 1. The average Bonchev–Trinajstić information content (AvgIpc) is 3.18. The summed E-state index contributed by atoms with van der Waals surface area (Å²) in [6.45, 7) is 0. The van der Waals surface area contributed by atoms with E-state index in [4.69, 9.17) is 4.74 Å². The van der Waals surface area contributed by atoms with Gasteiger partial charge in [-0.2, -0.15) is 0 Å². The first-order chi connectivity index (χ1) is 10.8. The third-order valence-electron chi connectivity index (χ3n) is 3.08. The fourth-order valence-corrected chi connectivity index (χ4v) is 2.94. The van der Waals surface area contributed by atoms with Gasteiger partial charge in [0.1, 0.15) is 5.75 Å². The Morgan fingerprint density at radius 3 is 2.82 bits per heavy atom. The zero-order valence-corrected chi connectivity index (χ0v) is 12.8. The molecule has 0 aliphatic carbocycles. The predicted molar refractivity (Wildman–Crippen MR) is 86.8 cm³/mol. The second-order valence-corrected chi connectivity index (χ2v) is 5.72. The largest absolute Gasteiger partial charge is 0.495 e. The number of nitrogens with zero attached hydrogens (tertiary/aromatic N) is 2. The van der Waals surface area contributed by atoms with Crippen LogP contribution in [-0.4, -0.2) is 22.6 Å². The maximum Gasteiger partial charge on any atom is 0.229 e. The monoisotopic (exact) mass is 313 g/mol. The second-order valence-electron chi connectivity index (χ2n) is 4.62. The summed E-state index contributed by atoms with van der Waals surface area (Å²) in [5.74, 6) is 0.556. The van der Waals surface area contributed by atoms with E-state index in [0.29, 0.717) is 11.4 Å². The van der Waals surface area contributed by atoms with E-state index in [0.717, 1.165) is 10.0 Å². The number of carbonyl (C=O) groups excluding carboxylic acids is 1. The molecular formula is C16H15N3O2S. The van der Waals surface area contributed by atoms with Crippen LogP contribution in [0.2, 0.25) is 0 Å². The summed E-state index contributed by atoms with van der Waals surface area (Å²) in [4.78, 5) is 17.4. The van der Waals surface area contributed by atoms with Crippen LogP contribution in [0.15, 0.2) is 55.0 Å². The van der Waals surface area contributed by atoms with Crippen molar-refractivity contribution in [3.63, 3.8) is 0 Å². The highest BCUT2D eigenvalue weighted by Crippen LogP contribution is 2.24. The Hall–Kier alpha value is -2.60. The van der Waals surface area contributed by atoms with Crippen LogP contribution in [0.1, 0.15) is 4.88 Å². The third-order valence-corrected chi connectivity index (χ3v) is 4.09. The van der Waals surface area contributed by atoms with Crippen LogP contribution in [0.25, 0.3) is 5.13 Å². The highest BCUT2D eigenvalue weighted by Gasteiger charge is 2.10. The summed E-state index contributed by atoms with van der Waals surface area (Å²) in [5, 5.41) is 3.71. The van der Waals surface area contributed by atoms with E-state index in [2.05, 4.69) is 10.3 Å². The number of carbonyl (C=O) groups is 1. The van der Waals surface area contributed by atoms with Crippen molar-refractivity contribution in [1.29, 1.82) is 0 Å². The van der Waals surface area contributed by atoms with Gasteiger partial charge < -0.3 is 14.6 Å². The molecule has 0 saturated carbocycles. The number of ether oxygens (including phenoxy) is 1. The summed E-state index contributed by atoms with van der Waals surface area (Å²) >= 11 is 1.50. The van der Waals surface area contributed by atoms with E-state index in [1.807, 2.05) is 53.4 Å². The molecule has 1 aromatic carbocycles. The molecule has 0 aliphatic heterocycles. The molecule has 5 nitrogen and oxygen atoms in total. The molecule has 1 amide bonds. The summed E-state index contributed by atoms with van der Waals surface area (Å²) in [7, 11) is 1.58. The van der Waals surface area contributed by atoms with Crippen LogP contribution >= 0.6 is 11.3 Å². The lowest BCUT2D eigenvalue weighted by Crippen LogP contribution is -2.14. The third kappa shape index (κ3) is 3.17. The van der Waals surface area contributed by atoms with Gasteiger partial charge in [-0.25, -0.2) is 4.98 Å². The van der Waals surface area contributed by atoms with E-state index in [-0.39, 0.29) is 12.3 Å². The molecular weight excluding hydrogens is 298 g/mol. The van der Waals surface area contributed by atoms with Crippen LogP contribution in [0.3, 0.4) is 0 Å². The Balaban J connectivity index is 1.67. The molecule has 6 heteroatoms. The highest BCUT2D eigenvalue weighted by molar-refractivity contribution is 7.14. The van der Waals surface area contributed by atoms with Crippen molar-refractivity contribution < 1.29 is 9.53 Å². The van der Waals surface area contributed by atoms with Crippen molar-refractivity contribution in [3.8, 4) is 10.9 Å². The molecule has 3 rings (SSSR count). The summed E-state index contributed by atoms with van der Waals surface area (Å²) < 4.78 is 7.14. The molecule has 0 bridgehead atoms. The first-order valence-electron chi connectivity index (χ1n) is 6.77. The molecule has 2 heterocycles. The Kier molecular flexibility index (Phi) is 4.20. The number of methoxy groups -OCH3 is 1. The lowest BCUT2D eigenvalue weighted by molar-refractivity contribution is -0.115. The van der Waals surface area contributed by atoms with Crippen LogP contribution in [0.4, 0.5) is 5.69 Å². The number of hydrogen-bond donors (Lipinski definition) is 1. The highest BCUT2D eigenvalue weighted by atomic mass is 32.1. The van der Waals surface area contributed by atoms with Gasteiger partial charge >= 0.3 is 0 Å². The van der Waals surface area contributed by atoms with Gasteiger partial charge in [-0.15, -0.1) is 11.3 Å². The molecule has 22 heavy (non-hydrogen) atoms. The number of hydrogen-bond acceptors (Lipinski definition) is 4. The van der Waals surface area contributed by atoms with Crippen molar-refractivity contribution in [3.05, 3.63) is 59.9 Å². The SMILES string of the molecule is COc1ccccc1NC(=O)Cc1cnc(-n2cccc2)s1. The van der Waals surface area contributed by atoms with Gasteiger partial charge in [-0.1, -0.05) is 12.1 Å². The average molecular weight is 313 g/mol. The number of nitrogens with one attached hydrogen (secondary N) is 1. The first-order valence-corrected chi connectivity index (χ1v) is 7.59. The number of benzene rings is 1. The van der Waals surface area contributed by atoms with Gasteiger partial charge in [-0.05, 0) is 24.3 Å². The van der Waals surface area contributed by atoms with Crippen molar-refractivity contribution in [2.45, 2.75) is 6.42 Å². The molecule has 2 aromatic heterocycles. The molecule has 0 saturated heterocycles. The van der Waals surface area contributed by atoms with Gasteiger partial charge in [0.15, 0.2) is 5.13 Å². The molecule has 1 N–H and O–H groups in total. The second kappa shape index (κ2) is 6.44. The number of amides is 1. The Morgan fingerprint density at radius 1 is 1.27 bits per heavy atom. The van der Waals surface area contributed by atoms with E-state index in [1.165, 1.54) is 11.3 Å². The van der Waals surface area contributed by atoms with Crippen molar-refractivity contribution in [1.82, 2.24) is 9.55 Å². The molecule has 0 radical (unpaired) electrons. The molecule has 0 atom stereocenters. The van der Waals surface area contributed by atoms with E-state index < -0.39 is 0 Å². The summed E-state index contributed by atoms with van der Waals surface area (Å²) in [6, 6.07) is 11.2. The van der Waals surface area contributed by atoms with Crippen LogP contribution in [0.5, 0.6) is 5.75 Å². The van der Waals surface area contributed by atoms with Gasteiger partial charge in [-0.3, -0.25) is 4.79 Å². The van der Waals surface area contributed by atoms with Crippen LogP contribution < -0.4 is 10.1 Å². The fourth-order valence-electron chi connectivity index (χ4n) is 2.06. The normalized spacial score (nSPS) is 10.4. The molecule has 0 fully saturated rings. The minimum Gasteiger partial charge on any atom is -0.495 e. The van der Waals surface area contributed by atoms with Crippen molar-refractivity contribution in [2.24, 2.45) is 0 Å². The Morgan fingerprint density at radius 2 is 2.05 bits per heavy atom. The maximum atomic E-state index is 12.2. The van der Waals surface area contributed by atoms with E-state index >= 15 is 0 Å². The molecule has 0 spiro atoms. The lowest BCUT2D eigenvalue weighted by atomic mass is 10.2. The summed E-state index contributed by atoms with van der Waals surface area (Å²) in [6.07, 6.45) is 5.88. The Bertz CT molecular complexity index is 765. The van der Waals surface area contributed by atoms with Gasteiger partial charge in [0.2, 0.25) is 5.91 Å². The summed E-state index contributed by atoms with van der Waals surface area (Å²) in [5.41, 5.74) is 0.671. The standard InChI is InChI=1S/C16H15N3O2S/c1-21-14-7-3-2-6-13(14)18-15(20)10-12-11-17-16(22-12)19-8-4-5-9-19/h2-9,11H,10H2,1H3,(H,18,20). The number of anilines is 1. The quantitative estimate of drug-likeness (QED) is 0.787. The molecule has 0 unspecified atom stereocenters. The lowest BCUT2D eigenvalue weighted by Gasteiger charge is -2.08. The number of para-hydroxylation sites is 2. The van der Waals surface area contributed by atoms with Gasteiger partial charge in [0.05, 0.1) is 19.2 Å². The van der Waals surface area contributed by atoms with E-state index in [1.54, 1.807) is 13.3 Å². The van der Waals surface area contributed by atoms with Crippen molar-refractivity contribution >= 4 is 22.9 Å². The zero-order valence-electron chi connectivity index (χ0n) is 12.0. The maximum absolute atomic E-state index is 12.2.